The summed E-state index contributed by atoms with van der Waals surface area (Å²) in [5, 5.41) is 0. The summed E-state index contributed by atoms with van der Waals surface area (Å²) in [7, 11) is 2.38. The molecule has 0 radical (unpaired) electrons. The molecule has 1 aromatic carbocycles. The van der Waals surface area contributed by atoms with Gasteiger partial charge in [-0.25, -0.2) is 4.98 Å². The van der Waals surface area contributed by atoms with Crippen LogP contribution in [0.5, 0.6) is 0 Å². The number of fused-ring (bicyclic) bond motifs is 1. The predicted molar refractivity (Wildman–Crippen MR) is 110 cm³/mol. The number of anilines is 1. The van der Waals surface area contributed by atoms with Crippen LogP contribution < -0.4 is 4.90 Å². The Labute approximate surface area is 158 Å². The van der Waals surface area contributed by atoms with E-state index in [0.717, 1.165) is 36.4 Å². The molecule has 1 aromatic heterocycles. The molecule has 6 nitrogen and oxygen atoms in total. The third kappa shape index (κ3) is 6.09. The first-order valence-electron chi connectivity index (χ1n) is 9.20. The van der Waals surface area contributed by atoms with Crippen molar-refractivity contribution in [3.05, 3.63) is 24.5 Å². The zero-order chi connectivity index (χ0) is 19.0. The molecule has 7 heteroatoms. The van der Waals surface area contributed by atoms with Crippen LogP contribution in [-0.4, -0.2) is 64.8 Å². The second-order valence-electron chi connectivity index (χ2n) is 7.68. The van der Waals surface area contributed by atoms with Gasteiger partial charge in [0.25, 0.3) is 0 Å². The van der Waals surface area contributed by atoms with Crippen molar-refractivity contribution >= 4 is 24.8 Å². The fourth-order valence-electron chi connectivity index (χ4n) is 2.73. The number of rotatable bonds is 12. The molecule has 0 unspecified atom stereocenters. The summed E-state index contributed by atoms with van der Waals surface area (Å²) in [4.78, 5) is 6.91. The van der Waals surface area contributed by atoms with E-state index >= 15 is 0 Å². The van der Waals surface area contributed by atoms with Gasteiger partial charge in [-0.15, -0.1) is 0 Å². The Kier molecular flexibility index (Phi) is 8.08. The molecule has 0 N–H and O–H groups in total. The van der Waals surface area contributed by atoms with E-state index < -0.39 is 8.07 Å². The molecule has 2 rings (SSSR count). The lowest BCUT2D eigenvalue weighted by molar-refractivity contribution is 0.0898. The van der Waals surface area contributed by atoms with Crippen LogP contribution in [-0.2, 0) is 20.9 Å². The zero-order valence-corrected chi connectivity index (χ0v) is 17.8. The lowest BCUT2D eigenvalue weighted by atomic mass is 10.2. The number of para-hydroxylation sites is 1. The van der Waals surface area contributed by atoms with Crippen molar-refractivity contribution in [3.8, 4) is 0 Å². The summed E-state index contributed by atoms with van der Waals surface area (Å²) in [6.45, 7) is 11.4. The molecule has 0 saturated carbocycles. The second-order valence-corrected chi connectivity index (χ2v) is 13.3. The van der Waals surface area contributed by atoms with Crippen LogP contribution in [0.3, 0.4) is 0 Å². The van der Waals surface area contributed by atoms with Gasteiger partial charge in [0, 0.05) is 42.0 Å². The highest BCUT2D eigenvalue weighted by molar-refractivity contribution is 6.76. The topological polar surface area (TPSA) is 48.8 Å². The van der Waals surface area contributed by atoms with E-state index in [4.69, 9.17) is 14.2 Å². The Morgan fingerprint density at radius 1 is 1.04 bits per heavy atom. The molecule has 0 amide bonds. The van der Waals surface area contributed by atoms with Gasteiger partial charge in [0.2, 0.25) is 0 Å². The van der Waals surface area contributed by atoms with Gasteiger partial charge in [0.1, 0.15) is 12.2 Å². The van der Waals surface area contributed by atoms with Gasteiger partial charge in [-0.05, 0) is 18.2 Å². The second kappa shape index (κ2) is 10.1. The summed E-state index contributed by atoms with van der Waals surface area (Å²) in [6.07, 6.45) is 1.87. The number of hydrogen-bond acceptors (Lipinski definition) is 5. The number of ether oxygens (including phenoxy) is 3. The molecule has 2 aromatic rings. The molecule has 0 aliphatic carbocycles. The fraction of sp³-hybridized carbons (Fsp3) is 0.632. The van der Waals surface area contributed by atoms with Crippen molar-refractivity contribution in [3.63, 3.8) is 0 Å². The minimum absolute atomic E-state index is 0.542. The van der Waals surface area contributed by atoms with Gasteiger partial charge in [-0.3, -0.25) is 0 Å². The molecule has 0 atom stereocenters. The van der Waals surface area contributed by atoms with Crippen molar-refractivity contribution in [1.29, 1.82) is 0 Å². The number of methoxy groups -OCH3 is 2. The van der Waals surface area contributed by atoms with E-state index in [1.54, 1.807) is 14.2 Å². The summed E-state index contributed by atoms with van der Waals surface area (Å²) in [5.74, 6) is 0. The Bertz CT molecular complexity index is 662. The Balaban J connectivity index is 2.12. The maximum atomic E-state index is 5.90. The average Bonchev–Trinajstić information content (AvgIpc) is 3.01. The number of benzene rings is 1. The van der Waals surface area contributed by atoms with Gasteiger partial charge >= 0.3 is 0 Å². The first kappa shape index (κ1) is 20.9. The van der Waals surface area contributed by atoms with Crippen molar-refractivity contribution in [2.24, 2.45) is 0 Å². The summed E-state index contributed by atoms with van der Waals surface area (Å²) in [6, 6.07) is 7.45. The minimum Gasteiger partial charge on any atom is -0.383 e. The SMILES string of the molecule is COCCN(CCOC)c1cccc2c1ncn2COCC[Si](C)(C)C. The van der Waals surface area contributed by atoms with Crippen molar-refractivity contribution in [2.45, 2.75) is 32.4 Å². The smallest absolute Gasteiger partial charge is 0.124 e. The van der Waals surface area contributed by atoms with Crippen molar-refractivity contribution < 1.29 is 14.2 Å². The fourth-order valence-corrected chi connectivity index (χ4v) is 3.48. The molecule has 0 spiro atoms. The quantitative estimate of drug-likeness (QED) is 0.418. The van der Waals surface area contributed by atoms with Gasteiger partial charge in [0.05, 0.1) is 30.7 Å². The first-order valence-corrected chi connectivity index (χ1v) is 12.9. The maximum absolute atomic E-state index is 5.90. The molecular formula is C19H33N3O3Si. The highest BCUT2D eigenvalue weighted by Gasteiger charge is 2.15. The molecule has 0 saturated heterocycles. The number of hydrogen-bond donors (Lipinski definition) is 0. The van der Waals surface area contributed by atoms with Crippen LogP contribution in [0, 0.1) is 0 Å². The van der Waals surface area contributed by atoms with Crippen LogP contribution in [0.15, 0.2) is 24.5 Å². The molecule has 0 bridgehead atoms. The van der Waals surface area contributed by atoms with Crippen LogP contribution in [0.2, 0.25) is 25.7 Å². The van der Waals surface area contributed by atoms with Gasteiger partial charge in [-0.1, -0.05) is 25.7 Å². The Hall–Kier alpha value is -1.41. The highest BCUT2D eigenvalue weighted by Crippen LogP contribution is 2.25. The molecular weight excluding hydrogens is 346 g/mol. The molecule has 0 aliphatic rings. The average molecular weight is 380 g/mol. The van der Waals surface area contributed by atoms with Gasteiger partial charge in [-0.2, -0.15) is 0 Å². The zero-order valence-electron chi connectivity index (χ0n) is 16.8. The molecule has 146 valence electrons. The molecule has 0 aliphatic heterocycles. The molecule has 1 heterocycles. The van der Waals surface area contributed by atoms with Crippen LogP contribution >= 0.6 is 0 Å². The molecule has 26 heavy (non-hydrogen) atoms. The van der Waals surface area contributed by atoms with Crippen molar-refractivity contribution in [2.75, 3.05) is 52.0 Å². The first-order chi connectivity index (χ1) is 12.5. The Morgan fingerprint density at radius 2 is 1.73 bits per heavy atom. The van der Waals surface area contributed by atoms with E-state index in [1.807, 2.05) is 6.33 Å². The Morgan fingerprint density at radius 3 is 2.35 bits per heavy atom. The predicted octanol–water partition coefficient (Wildman–Crippen LogP) is 3.45. The standard InChI is InChI=1S/C19H33N3O3Si/c1-23-11-9-21(10-12-24-2)17-7-6-8-18-19(17)20-15-22(18)16-25-13-14-26(3,4)5/h6-8,15H,9-14,16H2,1-5H3. The van der Waals surface area contributed by atoms with Crippen LogP contribution in [0.1, 0.15) is 0 Å². The summed E-state index contributed by atoms with van der Waals surface area (Å²) in [5.41, 5.74) is 3.20. The third-order valence-corrected chi connectivity index (χ3v) is 6.03. The molecule has 0 fully saturated rings. The number of imidazole rings is 1. The monoisotopic (exact) mass is 379 g/mol. The largest absolute Gasteiger partial charge is 0.383 e. The van der Waals surface area contributed by atoms with E-state index in [0.29, 0.717) is 19.9 Å². The van der Waals surface area contributed by atoms with Gasteiger partial charge < -0.3 is 23.7 Å². The van der Waals surface area contributed by atoms with Crippen LogP contribution in [0.4, 0.5) is 5.69 Å². The highest BCUT2D eigenvalue weighted by atomic mass is 28.3. The number of nitrogens with zero attached hydrogens (tertiary/aromatic N) is 3. The van der Waals surface area contributed by atoms with E-state index in [9.17, 15) is 0 Å². The summed E-state index contributed by atoms with van der Waals surface area (Å²) >= 11 is 0. The van der Waals surface area contributed by atoms with E-state index in [2.05, 4.69) is 52.3 Å². The summed E-state index contributed by atoms with van der Waals surface area (Å²) < 4.78 is 18.5. The number of aromatic nitrogens is 2. The normalized spacial score (nSPS) is 12.0. The van der Waals surface area contributed by atoms with Crippen molar-refractivity contribution in [1.82, 2.24) is 9.55 Å². The van der Waals surface area contributed by atoms with Crippen LogP contribution in [0.25, 0.3) is 11.0 Å². The lowest BCUT2D eigenvalue weighted by Gasteiger charge is -2.24. The third-order valence-electron chi connectivity index (χ3n) is 4.33. The maximum Gasteiger partial charge on any atom is 0.124 e. The van der Waals surface area contributed by atoms with E-state index in [1.165, 1.54) is 6.04 Å². The van der Waals surface area contributed by atoms with E-state index in [-0.39, 0.29) is 0 Å². The minimum atomic E-state index is -1.06. The lowest BCUT2D eigenvalue weighted by Crippen LogP contribution is -2.30. The van der Waals surface area contributed by atoms with Gasteiger partial charge in [0.15, 0.2) is 0 Å².